The molecule has 0 saturated heterocycles. The molecule has 0 aliphatic heterocycles. The van der Waals surface area contributed by atoms with E-state index in [-0.39, 0.29) is 5.82 Å². The Balaban J connectivity index is 1.69. The van der Waals surface area contributed by atoms with Gasteiger partial charge in [-0.2, -0.15) is 0 Å². The van der Waals surface area contributed by atoms with Gasteiger partial charge in [-0.1, -0.05) is 25.3 Å². The molecule has 2 nitrogen and oxygen atoms in total. The average Bonchev–Trinajstić information content (AvgIpc) is 2.40. The number of benzene rings is 1. The highest BCUT2D eigenvalue weighted by atomic mass is 19.1. The zero-order valence-electron chi connectivity index (χ0n) is 11.0. The molecule has 1 aromatic rings. The fourth-order valence-electron chi connectivity index (χ4n) is 2.46. The molecule has 1 saturated carbocycles. The van der Waals surface area contributed by atoms with Gasteiger partial charge >= 0.3 is 0 Å². The van der Waals surface area contributed by atoms with E-state index in [2.05, 4.69) is 5.32 Å². The zero-order valence-corrected chi connectivity index (χ0v) is 11.0. The molecule has 1 aliphatic carbocycles. The first kappa shape index (κ1) is 13.3. The van der Waals surface area contributed by atoms with E-state index < -0.39 is 0 Å². The van der Waals surface area contributed by atoms with Gasteiger partial charge in [0.15, 0.2) is 0 Å². The third-order valence-electron chi connectivity index (χ3n) is 3.55. The maximum atomic E-state index is 13.1. The molecule has 0 spiro atoms. The molecule has 1 N–H and O–H groups in total. The molecule has 0 radical (unpaired) electrons. The number of hydrogen-bond acceptors (Lipinski definition) is 2. The summed E-state index contributed by atoms with van der Waals surface area (Å²) in [6.07, 6.45) is 6.60. The monoisotopic (exact) mass is 251 g/mol. The number of rotatable bonds is 5. The number of hydrogen-bond donors (Lipinski definition) is 1. The number of nitrogens with one attached hydrogen (secondary N) is 1. The third-order valence-corrected chi connectivity index (χ3v) is 3.55. The second kappa shape index (κ2) is 6.74. The highest BCUT2D eigenvalue weighted by molar-refractivity contribution is 5.32. The predicted molar refractivity (Wildman–Crippen MR) is 71.5 cm³/mol. The molecule has 0 atom stereocenters. The lowest BCUT2D eigenvalue weighted by Gasteiger charge is -2.22. The molecule has 1 fully saturated rings. The Labute approximate surface area is 109 Å². The molecule has 1 aliphatic rings. The minimum absolute atomic E-state index is 0.240. The Morgan fingerprint density at radius 3 is 2.83 bits per heavy atom. The van der Waals surface area contributed by atoms with Crippen molar-refractivity contribution >= 4 is 0 Å². The van der Waals surface area contributed by atoms with Crippen molar-refractivity contribution in [2.75, 3.05) is 13.2 Å². The Morgan fingerprint density at radius 1 is 1.28 bits per heavy atom. The largest absolute Gasteiger partial charge is 0.492 e. The molecule has 0 bridgehead atoms. The van der Waals surface area contributed by atoms with E-state index in [1.54, 1.807) is 6.07 Å². The Bertz CT molecular complexity index is 375. The summed E-state index contributed by atoms with van der Waals surface area (Å²) < 4.78 is 18.7. The van der Waals surface area contributed by atoms with E-state index in [1.165, 1.54) is 44.2 Å². The Morgan fingerprint density at radius 2 is 2.06 bits per heavy atom. The molecule has 18 heavy (non-hydrogen) atoms. The van der Waals surface area contributed by atoms with Crippen molar-refractivity contribution in [2.45, 2.75) is 45.1 Å². The molecular formula is C15H22FNO. The van der Waals surface area contributed by atoms with E-state index in [0.717, 1.165) is 12.1 Å². The first-order chi connectivity index (χ1) is 8.75. The predicted octanol–water partition coefficient (Wildman–Crippen LogP) is 3.44. The van der Waals surface area contributed by atoms with E-state index in [4.69, 9.17) is 4.74 Å². The summed E-state index contributed by atoms with van der Waals surface area (Å²) in [5.74, 6) is 0.413. The third kappa shape index (κ3) is 3.98. The van der Waals surface area contributed by atoms with Crippen LogP contribution in [-0.2, 0) is 0 Å². The number of halogens is 1. The summed E-state index contributed by atoms with van der Waals surface area (Å²) in [4.78, 5) is 0. The van der Waals surface area contributed by atoms with Crippen LogP contribution in [-0.4, -0.2) is 19.2 Å². The van der Waals surface area contributed by atoms with Gasteiger partial charge < -0.3 is 10.1 Å². The minimum atomic E-state index is -0.240. The van der Waals surface area contributed by atoms with Gasteiger partial charge in [0, 0.05) is 18.7 Å². The first-order valence-corrected chi connectivity index (χ1v) is 6.88. The normalized spacial score (nSPS) is 16.8. The van der Waals surface area contributed by atoms with Crippen LogP contribution in [0.5, 0.6) is 5.75 Å². The van der Waals surface area contributed by atoms with Gasteiger partial charge in [-0.05, 0) is 31.4 Å². The summed E-state index contributed by atoms with van der Waals surface area (Å²) in [5.41, 5.74) is 0.981. The molecule has 100 valence electrons. The number of ether oxygens (including phenoxy) is 1. The van der Waals surface area contributed by atoms with Crippen LogP contribution in [0.4, 0.5) is 4.39 Å². The average molecular weight is 251 g/mol. The van der Waals surface area contributed by atoms with Gasteiger partial charge in [0.2, 0.25) is 0 Å². The molecule has 3 heteroatoms. The van der Waals surface area contributed by atoms with Crippen molar-refractivity contribution < 1.29 is 9.13 Å². The highest BCUT2D eigenvalue weighted by Gasteiger charge is 2.11. The summed E-state index contributed by atoms with van der Waals surface area (Å²) in [6.45, 7) is 3.37. The lowest BCUT2D eigenvalue weighted by atomic mass is 9.96. The fraction of sp³-hybridized carbons (Fsp3) is 0.600. The zero-order chi connectivity index (χ0) is 12.8. The van der Waals surface area contributed by atoms with Crippen molar-refractivity contribution in [3.63, 3.8) is 0 Å². The second-order valence-corrected chi connectivity index (χ2v) is 5.05. The number of aryl methyl sites for hydroxylation is 1. The van der Waals surface area contributed by atoms with Crippen LogP contribution in [0.1, 0.15) is 37.7 Å². The van der Waals surface area contributed by atoms with E-state index in [1.807, 2.05) is 6.92 Å². The van der Waals surface area contributed by atoms with Crippen LogP contribution in [0.15, 0.2) is 18.2 Å². The summed E-state index contributed by atoms with van der Waals surface area (Å²) >= 11 is 0. The van der Waals surface area contributed by atoms with Gasteiger partial charge in [0.05, 0.1) is 0 Å². The van der Waals surface area contributed by atoms with Crippen LogP contribution in [0.25, 0.3) is 0 Å². The fourth-order valence-corrected chi connectivity index (χ4v) is 2.46. The molecular weight excluding hydrogens is 229 g/mol. The SMILES string of the molecule is Cc1ccc(F)cc1OCCNC1CCCCC1. The van der Waals surface area contributed by atoms with Crippen molar-refractivity contribution in [2.24, 2.45) is 0 Å². The van der Waals surface area contributed by atoms with Gasteiger partial charge in [-0.3, -0.25) is 0 Å². The Kier molecular flexibility index (Phi) is 5.00. The van der Waals surface area contributed by atoms with Crippen LogP contribution in [0.3, 0.4) is 0 Å². The molecule has 0 aromatic heterocycles. The molecule has 0 amide bonds. The van der Waals surface area contributed by atoms with Gasteiger partial charge in [-0.15, -0.1) is 0 Å². The summed E-state index contributed by atoms with van der Waals surface area (Å²) in [5, 5.41) is 3.51. The van der Waals surface area contributed by atoms with Crippen molar-refractivity contribution in [1.82, 2.24) is 5.32 Å². The Hall–Kier alpha value is -1.09. The van der Waals surface area contributed by atoms with Crippen LogP contribution in [0.2, 0.25) is 0 Å². The minimum Gasteiger partial charge on any atom is -0.492 e. The standard InChI is InChI=1S/C15H22FNO/c1-12-7-8-13(16)11-15(12)18-10-9-17-14-5-3-2-4-6-14/h7-8,11,14,17H,2-6,9-10H2,1H3. The quantitative estimate of drug-likeness (QED) is 0.809. The van der Waals surface area contributed by atoms with Gasteiger partial charge in [0.1, 0.15) is 18.2 Å². The lowest BCUT2D eigenvalue weighted by molar-refractivity contribution is 0.287. The molecule has 1 aromatic carbocycles. The van der Waals surface area contributed by atoms with E-state index in [0.29, 0.717) is 18.4 Å². The van der Waals surface area contributed by atoms with E-state index in [9.17, 15) is 4.39 Å². The smallest absolute Gasteiger partial charge is 0.126 e. The van der Waals surface area contributed by atoms with Gasteiger partial charge in [0.25, 0.3) is 0 Å². The molecule has 0 unspecified atom stereocenters. The van der Waals surface area contributed by atoms with Crippen molar-refractivity contribution in [1.29, 1.82) is 0 Å². The summed E-state index contributed by atoms with van der Waals surface area (Å²) in [7, 11) is 0. The second-order valence-electron chi connectivity index (χ2n) is 5.05. The molecule has 0 heterocycles. The van der Waals surface area contributed by atoms with Crippen LogP contribution >= 0.6 is 0 Å². The maximum absolute atomic E-state index is 13.1. The van der Waals surface area contributed by atoms with Crippen molar-refractivity contribution in [3.8, 4) is 5.75 Å². The van der Waals surface area contributed by atoms with Crippen LogP contribution < -0.4 is 10.1 Å². The van der Waals surface area contributed by atoms with E-state index >= 15 is 0 Å². The topological polar surface area (TPSA) is 21.3 Å². The summed E-state index contributed by atoms with van der Waals surface area (Å²) in [6, 6.07) is 5.31. The molecule has 2 rings (SSSR count). The van der Waals surface area contributed by atoms with Crippen LogP contribution in [0, 0.1) is 12.7 Å². The maximum Gasteiger partial charge on any atom is 0.126 e. The lowest BCUT2D eigenvalue weighted by Crippen LogP contribution is -2.34. The first-order valence-electron chi connectivity index (χ1n) is 6.88. The van der Waals surface area contributed by atoms with Crippen molar-refractivity contribution in [3.05, 3.63) is 29.6 Å². The van der Waals surface area contributed by atoms with Gasteiger partial charge in [-0.25, -0.2) is 4.39 Å². The highest BCUT2D eigenvalue weighted by Crippen LogP contribution is 2.19.